The van der Waals surface area contributed by atoms with E-state index in [0.29, 0.717) is 19.1 Å². The maximum atomic E-state index is 13.2. The summed E-state index contributed by atoms with van der Waals surface area (Å²) in [4.78, 5) is 18.5. The summed E-state index contributed by atoms with van der Waals surface area (Å²) in [5, 5.41) is 3.12. The number of carbonyl (C=O) groups is 1. The van der Waals surface area contributed by atoms with Crippen molar-refractivity contribution in [1.82, 2.24) is 15.1 Å². The van der Waals surface area contributed by atoms with Gasteiger partial charge in [0.25, 0.3) is 0 Å². The lowest BCUT2D eigenvalue weighted by atomic mass is 9.88. The molecule has 2 saturated carbocycles. The summed E-state index contributed by atoms with van der Waals surface area (Å²) in [6.45, 7) is 5.52. The molecule has 5 nitrogen and oxygen atoms in total. The van der Waals surface area contributed by atoms with Gasteiger partial charge in [0.15, 0.2) is 0 Å². The second kappa shape index (κ2) is 13.6. The summed E-state index contributed by atoms with van der Waals surface area (Å²) in [7, 11) is 0. The van der Waals surface area contributed by atoms with Crippen LogP contribution >= 0.6 is 0 Å². The molecule has 0 spiro atoms. The third-order valence-corrected chi connectivity index (χ3v) is 8.61. The summed E-state index contributed by atoms with van der Waals surface area (Å²) < 4.78 is 0. The van der Waals surface area contributed by atoms with Gasteiger partial charge in [-0.15, -0.1) is 0 Å². The SMILES string of the molecule is NCCNC(=O)C1CC(N(CCc2ccccc2)CC2CCCCC2)CN1CC1CCCCC1. The minimum absolute atomic E-state index is 0.00376. The Bertz CT molecular complexity index is 714. The second-order valence-electron chi connectivity index (χ2n) is 11.2. The molecule has 2 unspecified atom stereocenters. The Balaban J connectivity index is 1.45. The standard InChI is InChI=1S/C29H48N4O/c30-17-18-31-29(34)28-20-27(23-33(28)22-26-14-8-3-9-15-26)32(21-25-12-6-2-7-13-25)19-16-24-10-4-1-5-11-24/h1,4-5,10-11,25-28H,2-3,6-9,12-23,30H2,(H,31,34). The molecule has 190 valence electrons. The minimum atomic E-state index is 0.00376. The predicted molar refractivity (Wildman–Crippen MR) is 141 cm³/mol. The maximum absolute atomic E-state index is 13.2. The van der Waals surface area contributed by atoms with E-state index >= 15 is 0 Å². The number of hydrogen-bond acceptors (Lipinski definition) is 4. The molecule has 2 atom stereocenters. The Labute approximate surface area is 207 Å². The van der Waals surface area contributed by atoms with Gasteiger partial charge in [0.2, 0.25) is 5.91 Å². The van der Waals surface area contributed by atoms with Crippen molar-refractivity contribution in [3.05, 3.63) is 35.9 Å². The zero-order chi connectivity index (χ0) is 23.6. The lowest BCUT2D eigenvalue weighted by molar-refractivity contribution is -0.125. The molecule has 1 amide bonds. The topological polar surface area (TPSA) is 61.6 Å². The lowest BCUT2D eigenvalue weighted by Gasteiger charge is -2.34. The average Bonchev–Trinajstić information content (AvgIpc) is 3.30. The highest BCUT2D eigenvalue weighted by Crippen LogP contribution is 2.31. The fraction of sp³-hybridized carbons (Fsp3) is 0.759. The summed E-state index contributed by atoms with van der Waals surface area (Å²) in [6, 6.07) is 11.4. The molecule has 1 saturated heterocycles. The first-order valence-corrected chi connectivity index (χ1v) is 14.2. The van der Waals surface area contributed by atoms with E-state index in [9.17, 15) is 4.79 Å². The molecular formula is C29H48N4O. The highest BCUT2D eigenvalue weighted by Gasteiger charge is 2.40. The van der Waals surface area contributed by atoms with E-state index in [2.05, 4.69) is 45.4 Å². The van der Waals surface area contributed by atoms with Gasteiger partial charge in [-0.3, -0.25) is 14.6 Å². The molecule has 4 rings (SSSR count). The zero-order valence-corrected chi connectivity index (χ0v) is 21.3. The van der Waals surface area contributed by atoms with Gasteiger partial charge in [-0.05, 0) is 55.9 Å². The molecule has 34 heavy (non-hydrogen) atoms. The smallest absolute Gasteiger partial charge is 0.237 e. The zero-order valence-electron chi connectivity index (χ0n) is 21.3. The van der Waals surface area contributed by atoms with Gasteiger partial charge in [0.05, 0.1) is 6.04 Å². The van der Waals surface area contributed by atoms with Crippen LogP contribution in [0.3, 0.4) is 0 Å². The van der Waals surface area contributed by atoms with Gasteiger partial charge in [-0.2, -0.15) is 0 Å². The first kappa shape index (κ1) is 25.7. The second-order valence-corrected chi connectivity index (χ2v) is 11.2. The van der Waals surface area contributed by atoms with Gasteiger partial charge >= 0.3 is 0 Å². The van der Waals surface area contributed by atoms with Crippen molar-refractivity contribution >= 4 is 5.91 Å². The molecule has 1 heterocycles. The molecule has 1 aromatic carbocycles. The van der Waals surface area contributed by atoms with E-state index in [1.54, 1.807) is 0 Å². The largest absolute Gasteiger partial charge is 0.353 e. The maximum Gasteiger partial charge on any atom is 0.237 e. The van der Waals surface area contributed by atoms with Gasteiger partial charge in [0, 0.05) is 45.3 Å². The van der Waals surface area contributed by atoms with Gasteiger partial charge in [-0.1, -0.05) is 68.9 Å². The molecule has 0 radical (unpaired) electrons. The van der Waals surface area contributed by atoms with Crippen molar-refractivity contribution in [2.45, 2.75) is 89.1 Å². The summed E-state index contributed by atoms with van der Waals surface area (Å²) in [5.74, 6) is 1.78. The van der Waals surface area contributed by atoms with Crippen LogP contribution in [-0.2, 0) is 11.2 Å². The highest BCUT2D eigenvalue weighted by molar-refractivity contribution is 5.82. The van der Waals surface area contributed by atoms with Gasteiger partial charge < -0.3 is 11.1 Å². The van der Waals surface area contributed by atoms with Crippen molar-refractivity contribution in [1.29, 1.82) is 0 Å². The van der Waals surface area contributed by atoms with Crippen LogP contribution in [0.5, 0.6) is 0 Å². The number of likely N-dealkylation sites (tertiary alicyclic amines) is 1. The van der Waals surface area contributed by atoms with Crippen molar-refractivity contribution in [2.75, 3.05) is 39.3 Å². The summed E-state index contributed by atoms with van der Waals surface area (Å²) in [6.07, 6.45) is 15.8. The van der Waals surface area contributed by atoms with Crippen LogP contribution in [0.1, 0.15) is 76.2 Å². The highest BCUT2D eigenvalue weighted by atomic mass is 16.2. The molecular weight excluding hydrogens is 420 g/mol. The van der Waals surface area contributed by atoms with Crippen molar-refractivity contribution in [2.24, 2.45) is 17.6 Å². The normalized spacial score (nSPS) is 25.1. The van der Waals surface area contributed by atoms with Crippen molar-refractivity contribution < 1.29 is 4.79 Å². The van der Waals surface area contributed by atoms with E-state index in [-0.39, 0.29) is 11.9 Å². The van der Waals surface area contributed by atoms with Crippen LogP contribution in [0.4, 0.5) is 0 Å². The molecule has 5 heteroatoms. The molecule has 3 N–H and O–H groups in total. The first-order chi connectivity index (χ1) is 16.7. The molecule has 3 aliphatic rings. The van der Waals surface area contributed by atoms with Crippen molar-refractivity contribution in [3.8, 4) is 0 Å². The van der Waals surface area contributed by atoms with Crippen LogP contribution in [0.2, 0.25) is 0 Å². The quantitative estimate of drug-likeness (QED) is 0.511. The number of nitrogens with zero attached hydrogens (tertiary/aromatic N) is 2. The van der Waals surface area contributed by atoms with Crippen LogP contribution in [0.15, 0.2) is 30.3 Å². The Hall–Kier alpha value is -1.43. The van der Waals surface area contributed by atoms with E-state index < -0.39 is 0 Å². The third kappa shape index (κ3) is 7.53. The number of rotatable bonds is 11. The summed E-state index contributed by atoms with van der Waals surface area (Å²) >= 11 is 0. The van der Waals surface area contributed by atoms with Crippen LogP contribution in [0.25, 0.3) is 0 Å². The Morgan fingerprint density at radius 1 is 0.971 bits per heavy atom. The predicted octanol–water partition coefficient (Wildman–Crippen LogP) is 4.21. The molecule has 0 aromatic heterocycles. The lowest BCUT2D eigenvalue weighted by Crippen LogP contribution is -2.46. The molecule has 1 aliphatic heterocycles. The Morgan fingerprint density at radius 2 is 1.65 bits per heavy atom. The van der Waals surface area contributed by atoms with Crippen LogP contribution in [-0.4, -0.2) is 67.1 Å². The Kier molecular flexibility index (Phi) is 10.3. The number of carbonyl (C=O) groups excluding carboxylic acids is 1. The number of benzene rings is 1. The Morgan fingerprint density at radius 3 is 2.32 bits per heavy atom. The molecule has 1 aromatic rings. The molecule has 2 aliphatic carbocycles. The number of nitrogens with two attached hydrogens (primary N) is 1. The van der Waals surface area contributed by atoms with Crippen LogP contribution in [0, 0.1) is 11.8 Å². The van der Waals surface area contributed by atoms with E-state index in [0.717, 1.165) is 44.3 Å². The monoisotopic (exact) mass is 468 g/mol. The fourth-order valence-electron chi connectivity index (χ4n) is 6.67. The van der Waals surface area contributed by atoms with Crippen molar-refractivity contribution in [3.63, 3.8) is 0 Å². The third-order valence-electron chi connectivity index (χ3n) is 8.61. The minimum Gasteiger partial charge on any atom is -0.353 e. The first-order valence-electron chi connectivity index (χ1n) is 14.2. The van der Waals surface area contributed by atoms with E-state index in [1.165, 1.54) is 76.3 Å². The summed E-state index contributed by atoms with van der Waals surface area (Å²) in [5.41, 5.74) is 7.12. The number of nitrogens with one attached hydrogen (secondary N) is 1. The molecule has 3 fully saturated rings. The van der Waals surface area contributed by atoms with E-state index in [4.69, 9.17) is 5.73 Å². The number of hydrogen-bond donors (Lipinski definition) is 2. The number of amides is 1. The van der Waals surface area contributed by atoms with Gasteiger partial charge in [0.1, 0.15) is 0 Å². The average molecular weight is 469 g/mol. The van der Waals surface area contributed by atoms with Crippen LogP contribution < -0.4 is 11.1 Å². The fourth-order valence-corrected chi connectivity index (χ4v) is 6.67. The molecule has 0 bridgehead atoms. The van der Waals surface area contributed by atoms with E-state index in [1.807, 2.05) is 0 Å². The van der Waals surface area contributed by atoms with Gasteiger partial charge in [-0.25, -0.2) is 0 Å².